The molecule has 0 aliphatic heterocycles. The topological polar surface area (TPSA) is 33.2 Å². The summed E-state index contributed by atoms with van der Waals surface area (Å²) in [5.74, 6) is -0.890. The fraction of sp³-hybridized carbons (Fsp3) is 0.250. The van der Waals surface area contributed by atoms with Crippen molar-refractivity contribution in [1.82, 2.24) is 9.88 Å². The molecule has 0 fully saturated rings. The molecule has 0 radical (unpaired) electrons. The van der Waals surface area contributed by atoms with Crippen LogP contribution in [0.15, 0.2) is 42.6 Å². The fourth-order valence-electron chi connectivity index (χ4n) is 2.02. The quantitative estimate of drug-likeness (QED) is 0.802. The minimum absolute atomic E-state index is 0.0206. The van der Waals surface area contributed by atoms with E-state index < -0.39 is 5.95 Å². The largest absolute Gasteiger partial charge is 0.332 e. The van der Waals surface area contributed by atoms with Crippen LogP contribution in [-0.4, -0.2) is 21.8 Å². The molecule has 0 bridgehead atoms. The van der Waals surface area contributed by atoms with Crippen LogP contribution in [0.2, 0.25) is 5.02 Å². The summed E-state index contributed by atoms with van der Waals surface area (Å²) in [4.78, 5) is 17.7. The SMILES string of the molecule is CC(C)N(Cc1cccc(Cl)c1)C(=O)c1ccnc(F)c1. The van der Waals surface area contributed by atoms with Gasteiger partial charge in [-0.1, -0.05) is 23.7 Å². The number of hydrogen-bond acceptors (Lipinski definition) is 2. The maximum absolute atomic E-state index is 13.2. The average Bonchev–Trinajstić information content (AvgIpc) is 2.44. The van der Waals surface area contributed by atoms with Crippen molar-refractivity contribution < 1.29 is 9.18 Å². The number of carbonyl (C=O) groups excluding carboxylic acids is 1. The Hall–Kier alpha value is -1.94. The second kappa shape index (κ2) is 6.68. The zero-order chi connectivity index (χ0) is 15.4. The molecule has 0 aliphatic rings. The number of halogens is 2. The molecule has 0 aliphatic carbocycles. The first-order valence-electron chi connectivity index (χ1n) is 6.64. The molecule has 21 heavy (non-hydrogen) atoms. The van der Waals surface area contributed by atoms with Crippen molar-refractivity contribution >= 4 is 17.5 Å². The van der Waals surface area contributed by atoms with E-state index in [1.807, 2.05) is 32.0 Å². The first kappa shape index (κ1) is 15.4. The summed E-state index contributed by atoms with van der Waals surface area (Å²) in [5, 5.41) is 0.624. The summed E-state index contributed by atoms with van der Waals surface area (Å²) in [6.07, 6.45) is 1.29. The van der Waals surface area contributed by atoms with Gasteiger partial charge >= 0.3 is 0 Å². The molecule has 1 amide bonds. The lowest BCUT2D eigenvalue weighted by Gasteiger charge is -2.27. The van der Waals surface area contributed by atoms with Crippen molar-refractivity contribution in [3.8, 4) is 0 Å². The number of amides is 1. The predicted octanol–water partition coefficient (Wildman–Crippen LogP) is 3.92. The molecule has 1 aromatic heterocycles. The molecular weight excluding hydrogens is 291 g/mol. The normalized spacial score (nSPS) is 10.7. The van der Waals surface area contributed by atoms with Gasteiger partial charge < -0.3 is 4.90 Å². The summed E-state index contributed by atoms with van der Waals surface area (Å²) >= 11 is 5.96. The van der Waals surface area contributed by atoms with E-state index in [9.17, 15) is 9.18 Å². The Morgan fingerprint density at radius 1 is 1.33 bits per heavy atom. The molecule has 0 N–H and O–H groups in total. The van der Waals surface area contributed by atoms with E-state index >= 15 is 0 Å². The molecule has 2 rings (SSSR count). The number of benzene rings is 1. The van der Waals surface area contributed by atoms with Crippen molar-refractivity contribution in [2.24, 2.45) is 0 Å². The molecule has 110 valence electrons. The first-order valence-corrected chi connectivity index (χ1v) is 7.02. The maximum Gasteiger partial charge on any atom is 0.254 e. The van der Waals surface area contributed by atoms with Crippen molar-refractivity contribution in [3.63, 3.8) is 0 Å². The Morgan fingerprint density at radius 3 is 2.71 bits per heavy atom. The highest BCUT2D eigenvalue weighted by atomic mass is 35.5. The van der Waals surface area contributed by atoms with Gasteiger partial charge in [0.25, 0.3) is 5.91 Å². The van der Waals surface area contributed by atoms with Gasteiger partial charge in [0.1, 0.15) is 0 Å². The lowest BCUT2D eigenvalue weighted by Crippen LogP contribution is -2.36. The van der Waals surface area contributed by atoms with Crippen LogP contribution in [-0.2, 0) is 6.54 Å². The van der Waals surface area contributed by atoms with E-state index in [1.54, 1.807) is 11.0 Å². The summed E-state index contributed by atoms with van der Waals surface area (Å²) in [7, 11) is 0. The number of carbonyl (C=O) groups is 1. The zero-order valence-electron chi connectivity index (χ0n) is 11.9. The molecule has 0 saturated heterocycles. The number of rotatable bonds is 4. The molecule has 1 aromatic carbocycles. The third kappa shape index (κ3) is 4.02. The van der Waals surface area contributed by atoms with Gasteiger partial charge in [0.2, 0.25) is 5.95 Å². The van der Waals surface area contributed by atoms with Crippen molar-refractivity contribution in [3.05, 3.63) is 64.7 Å². The molecule has 3 nitrogen and oxygen atoms in total. The smallest absolute Gasteiger partial charge is 0.254 e. The molecule has 2 aromatic rings. The first-order chi connectivity index (χ1) is 9.97. The lowest BCUT2D eigenvalue weighted by molar-refractivity contribution is 0.0689. The van der Waals surface area contributed by atoms with E-state index in [1.165, 1.54) is 12.3 Å². The van der Waals surface area contributed by atoms with Crippen LogP contribution in [0.5, 0.6) is 0 Å². The second-order valence-electron chi connectivity index (χ2n) is 5.02. The van der Waals surface area contributed by atoms with Crippen LogP contribution >= 0.6 is 11.6 Å². The highest BCUT2D eigenvalue weighted by molar-refractivity contribution is 6.30. The molecule has 0 saturated carbocycles. The Kier molecular flexibility index (Phi) is 4.91. The molecule has 0 atom stereocenters. The molecule has 0 spiro atoms. The third-order valence-corrected chi connectivity index (χ3v) is 3.33. The Balaban J connectivity index is 2.25. The van der Waals surface area contributed by atoms with Gasteiger partial charge in [-0.05, 0) is 37.6 Å². The van der Waals surface area contributed by atoms with Gasteiger partial charge in [0.15, 0.2) is 0 Å². The summed E-state index contributed by atoms with van der Waals surface area (Å²) in [5.41, 5.74) is 1.22. The van der Waals surface area contributed by atoms with Crippen LogP contribution in [0.3, 0.4) is 0 Å². The van der Waals surface area contributed by atoms with Crippen LogP contribution in [0.1, 0.15) is 29.8 Å². The number of hydrogen-bond donors (Lipinski definition) is 0. The van der Waals surface area contributed by atoms with E-state index in [4.69, 9.17) is 11.6 Å². The Bertz CT molecular complexity index is 646. The van der Waals surface area contributed by atoms with Crippen LogP contribution in [0.25, 0.3) is 0 Å². The molecular formula is C16H16ClFN2O. The van der Waals surface area contributed by atoms with Gasteiger partial charge in [-0.15, -0.1) is 0 Å². The molecule has 5 heteroatoms. The van der Waals surface area contributed by atoms with E-state index in [-0.39, 0.29) is 11.9 Å². The average molecular weight is 307 g/mol. The Morgan fingerprint density at radius 2 is 2.10 bits per heavy atom. The molecule has 0 unspecified atom stereocenters. The lowest BCUT2D eigenvalue weighted by atomic mass is 10.1. The fourth-order valence-corrected chi connectivity index (χ4v) is 2.24. The standard InChI is InChI=1S/C16H16ClFN2O/c1-11(2)20(10-12-4-3-5-14(17)8-12)16(21)13-6-7-19-15(18)9-13/h3-9,11H,10H2,1-2H3. The highest BCUT2D eigenvalue weighted by Crippen LogP contribution is 2.16. The van der Waals surface area contributed by atoms with Crippen molar-refractivity contribution in [1.29, 1.82) is 0 Å². The summed E-state index contributed by atoms with van der Waals surface area (Å²) in [6.45, 7) is 4.25. The maximum atomic E-state index is 13.2. The van der Waals surface area contributed by atoms with Gasteiger partial charge in [-0.2, -0.15) is 4.39 Å². The predicted molar refractivity (Wildman–Crippen MR) is 80.7 cm³/mol. The number of pyridine rings is 1. The van der Waals surface area contributed by atoms with Gasteiger partial charge in [0, 0.05) is 35.4 Å². The van der Waals surface area contributed by atoms with Crippen LogP contribution < -0.4 is 0 Å². The van der Waals surface area contributed by atoms with Gasteiger partial charge in [-0.3, -0.25) is 4.79 Å². The zero-order valence-corrected chi connectivity index (χ0v) is 12.6. The highest BCUT2D eigenvalue weighted by Gasteiger charge is 2.19. The van der Waals surface area contributed by atoms with Crippen molar-refractivity contribution in [2.75, 3.05) is 0 Å². The van der Waals surface area contributed by atoms with Gasteiger partial charge in [-0.25, -0.2) is 4.98 Å². The monoisotopic (exact) mass is 306 g/mol. The van der Waals surface area contributed by atoms with Gasteiger partial charge in [0.05, 0.1) is 0 Å². The van der Waals surface area contributed by atoms with E-state index in [0.29, 0.717) is 17.1 Å². The van der Waals surface area contributed by atoms with Crippen molar-refractivity contribution in [2.45, 2.75) is 26.4 Å². The molecule has 1 heterocycles. The van der Waals surface area contributed by atoms with Crippen LogP contribution in [0, 0.1) is 5.95 Å². The minimum atomic E-state index is -0.660. The number of aromatic nitrogens is 1. The minimum Gasteiger partial charge on any atom is -0.332 e. The van der Waals surface area contributed by atoms with Crippen LogP contribution in [0.4, 0.5) is 4.39 Å². The second-order valence-corrected chi connectivity index (χ2v) is 5.46. The third-order valence-electron chi connectivity index (χ3n) is 3.10. The van der Waals surface area contributed by atoms with E-state index in [2.05, 4.69) is 4.98 Å². The summed E-state index contributed by atoms with van der Waals surface area (Å²) in [6, 6.07) is 9.98. The Labute approximate surface area is 128 Å². The van der Waals surface area contributed by atoms with E-state index in [0.717, 1.165) is 11.6 Å². The number of nitrogens with zero attached hydrogens (tertiary/aromatic N) is 2. The summed E-state index contributed by atoms with van der Waals surface area (Å²) < 4.78 is 13.2.